The van der Waals surface area contributed by atoms with E-state index in [-0.39, 0.29) is 46.1 Å². The van der Waals surface area contributed by atoms with Gasteiger partial charge < -0.3 is 9.47 Å². The molecule has 0 radical (unpaired) electrons. The monoisotopic (exact) mass is 965 g/mol. The van der Waals surface area contributed by atoms with Crippen LogP contribution in [0.15, 0.2) is 118 Å². The topological polar surface area (TPSA) is 86.7 Å². The van der Waals surface area contributed by atoms with E-state index in [1.807, 2.05) is 33.8 Å². The normalized spacial score (nSPS) is 28.5. The highest BCUT2D eigenvalue weighted by molar-refractivity contribution is 5.99. The quantitative estimate of drug-likeness (QED) is 0.113. The van der Waals surface area contributed by atoms with Crippen molar-refractivity contribution in [1.82, 2.24) is 0 Å². The molecule has 2 fully saturated rings. The molecular formula is C64H100O6. The minimum atomic E-state index is -0.692. The van der Waals surface area contributed by atoms with E-state index in [4.69, 9.17) is 9.47 Å². The standard InChI is InChI=1S/C16H26O2.C16H24O2.C16H26O.C16H24O/c2*1-6-8-12(2)9-7-10-13(3)14-11-15(17)16(4,5)18-14;2*1-6-7-12(2)10-11-16(5)13(3)8-9-15(17)14(16)4/h8,10,14H,6-7,9,11H2,1-5H3;8,10-11H,6-7,9H2,1-5H3;7,10-11,13-14H,6,8-9H2,1-5H3;7-11,13-14H,6H2,1-5H3/b2*12-8+,13-10+;2*11-10+,12-7+. The third-order valence-electron chi connectivity index (χ3n) is 15.4. The maximum absolute atomic E-state index is 11.9. The number of ether oxygens (including phenoxy) is 2. The summed E-state index contributed by atoms with van der Waals surface area (Å²) in [6.07, 6.45) is 38.3. The lowest BCUT2D eigenvalue weighted by Gasteiger charge is -2.42. The summed E-state index contributed by atoms with van der Waals surface area (Å²) >= 11 is 0. The lowest BCUT2D eigenvalue weighted by Crippen LogP contribution is -2.40. The molecule has 6 nitrogen and oxygen atoms in total. The van der Waals surface area contributed by atoms with Crippen molar-refractivity contribution in [3.63, 3.8) is 0 Å². The van der Waals surface area contributed by atoms with E-state index in [0.717, 1.165) is 75.5 Å². The van der Waals surface area contributed by atoms with Crippen LogP contribution in [0.2, 0.25) is 0 Å². The zero-order valence-electron chi connectivity index (χ0n) is 48.1. The van der Waals surface area contributed by atoms with Crippen LogP contribution in [0.3, 0.4) is 0 Å². The number of allylic oxidation sites excluding steroid dienone is 17. The number of rotatable bonds is 16. The number of carbonyl (C=O) groups excluding carboxylic acids is 4. The number of carbonyl (C=O) groups is 4. The molecule has 2 heterocycles. The highest BCUT2D eigenvalue weighted by Gasteiger charge is 2.43. The fourth-order valence-corrected chi connectivity index (χ4v) is 9.11. The van der Waals surface area contributed by atoms with Crippen LogP contribution in [-0.4, -0.2) is 40.4 Å². The van der Waals surface area contributed by atoms with Crippen LogP contribution in [0.25, 0.3) is 0 Å². The van der Waals surface area contributed by atoms with Crippen LogP contribution in [0.1, 0.15) is 209 Å². The molecule has 0 bridgehead atoms. The largest absolute Gasteiger partial charge is 0.479 e. The van der Waals surface area contributed by atoms with Crippen molar-refractivity contribution in [2.24, 2.45) is 34.5 Å². The summed E-state index contributed by atoms with van der Waals surface area (Å²) in [6, 6.07) is 0. The summed E-state index contributed by atoms with van der Waals surface area (Å²) in [5.74, 6) is 2.85. The number of hydrogen-bond acceptors (Lipinski definition) is 6. The lowest BCUT2D eigenvalue weighted by atomic mass is 9.61. The van der Waals surface area contributed by atoms with E-state index >= 15 is 0 Å². The van der Waals surface area contributed by atoms with E-state index < -0.39 is 11.2 Å². The fraction of sp³-hybridized carbons (Fsp3) is 0.625. The van der Waals surface area contributed by atoms with Crippen molar-refractivity contribution in [3.8, 4) is 0 Å². The average Bonchev–Trinajstić information content (AvgIpc) is 3.74. The van der Waals surface area contributed by atoms with Gasteiger partial charge in [0, 0.05) is 36.2 Å². The molecule has 1 saturated carbocycles. The second-order valence-corrected chi connectivity index (χ2v) is 22.1. The third-order valence-corrected chi connectivity index (χ3v) is 15.4. The van der Waals surface area contributed by atoms with E-state index in [1.54, 1.807) is 26.0 Å². The van der Waals surface area contributed by atoms with Gasteiger partial charge in [0.1, 0.15) is 17.1 Å². The summed E-state index contributed by atoms with van der Waals surface area (Å²) in [5.41, 5.74) is 6.34. The van der Waals surface area contributed by atoms with E-state index in [9.17, 15) is 19.2 Å². The van der Waals surface area contributed by atoms with Crippen LogP contribution >= 0.6 is 0 Å². The minimum absolute atomic E-state index is 0.0111. The first kappa shape index (κ1) is 63.9. The van der Waals surface area contributed by atoms with Crippen LogP contribution in [-0.2, 0) is 28.7 Å². The zero-order valence-corrected chi connectivity index (χ0v) is 48.1. The van der Waals surface area contributed by atoms with Crippen molar-refractivity contribution in [3.05, 3.63) is 118 Å². The molecule has 0 N–H and O–H groups in total. The van der Waals surface area contributed by atoms with E-state index in [1.165, 1.54) is 27.9 Å². The molecule has 7 unspecified atom stereocenters. The lowest BCUT2D eigenvalue weighted by molar-refractivity contribution is -0.130. The predicted molar refractivity (Wildman–Crippen MR) is 299 cm³/mol. The Hall–Kier alpha value is -4.16. The maximum atomic E-state index is 11.9. The first-order chi connectivity index (χ1) is 32.6. The number of Topliss-reactive ketones (excluding diaryl/α,β-unsaturated/α-hetero) is 2. The van der Waals surface area contributed by atoms with Crippen molar-refractivity contribution in [1.29, 1.82) is 0 Å². The predicted octanol–water partition coefficient (Wildman–Crippen LogP) is 17.4. The van der Waals surface area contributed by atoms with Gasteiger partial charge in [-0.25, -0.2) is 0 Å². The minimum Gasteiger partial charge on any atom is -0.479 e. The van der Waals surface area contributed by atoms with Gasteiger partial charge in [-0.2, -0.15) is 0 Å². The second kappa shape index (κ2) is 30.0. The Morgan fingerprint density at radius 1 is 0.643 bits per heavy atom. The van der Waals surface area contributed by atoms with Gasteiger partial charge in [-0.3, -0.25) is 19.2 Å². The average molecular weight is 965 g/mol. The van der Waals surface area contributed by atoms with Gasteiger partial charge in [0.15, 0.2) is 17.2 Å². The molecule has 70 heavy (non-hydrogen) atoms. The molecule has 7 atom stereocenters. The Bertz CT molecular complexity index is 2070. The van der Waals surface area contributed by atoms with Gasteiger partial charge in [0.05, 0.1) is 6.10 Å². The molecule has 4 aliphatic rings. The van der Waals surface area contributed by atoms with Crippen LogP contribution in [0.4, 0.5) is 0 Å². The molecular weight excluding hydrogens is 865 g/mol. The SMILES string of the molecule is CC/C=C(C)/C=C/C1(C)C(C)C=CC(=O)C1C.CC/C=C(C)/C=C/C1(C)C(C)CCC(=O)C1C.CC/C=C(\C)CC/C=C(\C)C1=CC(=O)C(C)(C)O1.CC/C=C(\C)CC/C=C(\C)C1CC(=O)C(C)(C)O1. The second-order valence-electron chi connectivity index (χ2n) is 22.1. The van der Waals surface area contributed by atoms with E-state index in [0.29, 0.717) is 24.0 Å². The van der Waals surface area contributed by atoms with Crippen molar-refractivity contribution < 1.29 is 28.7 Å². The summed E-state index contributed by atoms with van der Waals surface area (Å²) in [6.45, 7) is 41.5. The smallest absolute Gasteiger partial charge is 0.202 e. The van der Waals surface area contributed by atoms with Gasteiger partial charge in [-0.15, -0.1) is 0 Å². The molecule has 4 rings (SSSR count). The third kappa shape index (κ3) is 20.2. The number of ketones is 4. The van der Waals surface area contributed by atoms with Crippen LogP contribution in [0, 0.1) is 34.5 Å². The molecule has 0 aromatic heterocycles. The molecule has 0 amide bonds. The van der Waals surface area contributed by atoms with Crippen molar-refractivity contribution in [2.75, 3.05) is 0 Å². The van der Waals surface area contributed by atoms with Gasteiger partial charge in [-0.05, 0) is 161 Å². The molecule has 0 aromatic rings. The van der Waals surface area contributed by atoms with Crippen molar-refractivity contribution >= 4 is 23.1 Å². The van der Waals surface area contributed by atoms with E-state index in [2.05, 4.69) is 158 Å². The molecule has 2 aliphatic carbocycles. The molecule has 392 valence electrons. The Balaban J connectivity index is 0.000000467. The maximum Gasteiger partial charge on any atom is 0.202 e. The van der Waals surface area contributed by atoms with Gasteiger partial charge in [-0.1, -0.05) is 158 Å². The van der Waals surface area contributed by atoms with Crippen LogP contribution < -0.4 is 0 Å². The summed E-state index contributed by atoms with van der Waals surface area (Å²) in [7, 11) is 0. The highest BCUT2D eigenvalue weighted by atomic mass is 16.5. The van der Waals surface area contributed by atoms with Gasteiger partial charge >= 0.3 is 0 Å². The molecule has 2 aliphatic heterocycles. The summed E-state index contributed by atoms with van der Waals surface area (Å²) < 4.78 is 11.5. The Morgan fingerprint density at radius 2 is 1.14 bits per heavy atom. The Morgan fingerprint density at radius 3 is 1.60 bits per heavy atom. The highest BCUT2D eigenvalue weighted by Crippen LogP contribution is 2.45. The summed E-state index contributed by atoms with van der Waals surface area (Å²) in [5, 5.41) is 0. The van der Waals surface area contributed by atoms with Gasteiger partial charge in [0.2, 0.25) is 5.78 Å². The van der Waals surface area contributed by atoms with Crippen LogP contribution in [0.5, 0.6) is 0 Å². The molecule has 6 heteroatoms. The molecule has 0 aromatic carbocycles. The molecule has 1 saturated heterocycles. The Labute approximate surface area is 429 Å². The summed E-state index contributed by atoms with van der Waals surface area (Å²) in [4.78, 5) is 47.0. The van der Waals surface area contributed by atoms with Gasteiger partial charge in [0.25, 0.3) is 0 Å². The first-order valence-corrected chi connectivity index (χ1v) is 26.8. The number of hydrogen-bond donors (Lipinski definition) is 0. The van der Waals surface area contributed by atoms with Crippen molar-refractivity contribution in [2.45, 2.75) is 226 Å². The first-order valence-electron chi connectivity index (χ1n) is 26.8. The molecule has 0 spiro atoms. The Kier molecular flexibility index (Phi) is 27.4. The zero-order chi connectivity index (χ0) is 53.6. The fourth-order valence-electron chi connectivity index (χ4n) is 9.11.